The summed E-state index contributed by atoms with van der Waals surface area (Å²) in [6, 6.07) is 8.84. The van der Waals surface area contributed by atoms with Crippen molar-refractivity contribution in [3.8, 4) is 6.07 Å². The van der Waals surface area contributed by atoms with Gasteiger partial charge < -0.3 is 5.11 Å². The normalized spacial score (nSPS) is 23.9. The molecule has 1 aliphatic heterocycles. The van der Waals surface area contributed by atoms with Gasteiger partial charge in [0, 0.05) is 5.75 Å². The van der Waals surface area contributed by atoms with E-state index in [0.29, 0.717) is 11.3 Å². The number of thioether (sulfide) groups is 1. The average Bonchev–Trinajstić information content (AvgIpc) is 2.78. The molecule has 4 nitrogen and oxygen atoms in total. The van der Waals surface area contributed by atoms with Crippen LogP contribution in [0.4, 0.5) is 0 Å². The predicted octanol–water partition coefficient (Wildman–Crippen LogP) is 1.35. The van der Waals surface area contributed by atoms with Gasteiger partial charge in [0.2, 0.25) is 0 Å². The minimum Gasteiger partial charge on any atom is -0.480 e. The molecule has 1 unspecified atom stereocenters. The second-order valence-corrected chi connectivity index (χ2v) is 4.61. The van der Waals surface area contributed by atoms with Gasteiger partial charge in [0.05, 0.1) is 17.0 Å². The Bertz CT molecular complexity index is 456. The quantitative estimate of drug-likeness (QED) is 0.808. The highest BCUT2D eigenvalue weighted by molar-refractivity contribution is 7.99. The smallest absolute Gasteiger partial charge is 0.321 e. The summed E-state index contributed by atoms with van der Waals surface area (Å²) in [5.74, 6) is -0.316. The van der Waals surface area contributed by atoms with Crippen LogP contribution >= 0.6 is 11.8 Å². The molecule has 0 saturated carbocycles. The van der Waals surface area contributed by atoms with Crippen LogP contribution in [-0.4, -0.2) is 22.9 Å². The van der Waals surface area contributed by atoms with Gasteiger partial charge in [-0.05, 0) is 11.6 Å². The van der Waals surface area contributed by atoms with Crippen molar-refractivity contribution < 1.29 is 9.90 Å². The Balaban J connectivity index is 2.21. The van der Waals surface area contributed by atoms with Gasteiger partial charge in [-0.3, -0.25) is 10.1 Å². The second-order valence-electron chi connectivity index (χ2n) is 3.47. The van der Waals surface area contributed by atoms with Crippen molar-refractivity contribution in [1.82, 2.24) is 5.32 Å². The highest BCUT2D eigenvalue weighted by Gasteiger charge is 2.31. The summed E-state index contributed by atoms with van der Waals surface area (Å²) in [5.41, 5.74) is 1.46. The van der Waals surface area contributed by atoms with Crippen LogP contribution in [-0.2, 0) is 4.79 Å². The summed E-state index contributed by atoms with van der Waals surface area (Å²) in [4.78, 5) is 10.8. The zero-order valence-corrected chi connectivity index (χ0v) is 9.20. The minimum atomic E-state index is -0.843. The van der Waals surface area contributed by atoms with E-state index in [9.17, 15) is 4.79 Å². The monoisotopic (exact) mass is 234 g/mol. The molecule has 0 aliphatic carbocycles. The molecule has 1 heterocycles. The molecule has 82 valence electrons. The number of carboxylic acids is 1. The molecule has 1 aliphatic rings. The first-order chi connectivity index (χ1) is 7.72. The molecule has 2 atom stereocenters. The van der Waals surface area contributed by atoms with Crippen molar-refractivity contribution in [1.29, 1.82) is 5.26 Å². The SMILES string of the molecule is N#Cc1ccccc1C1N[C@@H](C(=O)O)CS1. The lowest BCUT2D eigenvalue weighted by Gasteiger charge is -2.12. The molecule has 2 N–H and O–H groups in total. The average molecular weight is 234 g/mol. The fraction of sp³-hybridized carbons (Fsp3) is 0.273. The topological polar surface area (TPSA) is 73.1 Å². The zero-order chi connectivity index (χ0) is 11.5. The van der Waals surface area contributed by atoms with Crippen molar-refractivity contribution in [3.63, 3.8) is 0 Å². The summed E-state index contributed by atoms with van der Waals surface area (Å²) in [5, 5.41) is 20.7. The molecule has 0 radical (unpaired) electrons. The number of hydrogen-bond donors (Lipinski definition) is 2. The molecule has 0 amide bonds. The first-order valence-corrected chi connectivity index (χ1v) is 5.86. The lowest BCUT2D eigenvalue weighted by atomic mass is 10.1. The molecular weight excluding hydrogens is 224 g/mol. The largest absolute Gasteiger partial charge is 0.480 e. The van der Waals surface area contributed by atoms with Crippen LogP contribution in [0.15, 0.2) is 24.3 Å². The standard InChI is InChI=1S/C11H10N2O2S/c12-5-7-3-1-2-4-8(7)10-13-9(6-16-10)11(14)15/h1-4,9-10,13H,6H2,(H,14,15)/t9-,10?/m1/s1. The van der Waals surface area contributed by atoms with Crippen molar-refractivity contribution in [2.45, 2.75) is 11.4 Å². The number of nitriles is 1. The van der Waals surface area contributed by atoms with Gasteiger partial charge in [-0.25, -0.2) is 0 Å². The van der Waals surface area contributed by atoms with Crippen molar-refractivity contribution in [3.05, 3.63) is 35.4 Å². The molecule has 0 aromatic heterocycles. The Morgan fingerprint density at radius 1 is 1.56 bits per heavy atom. The molecule has 1 aromatic rings. The van der Waals surface area contributed by atoms with Crippen LogP contribution in [0.25, 0.3) is 0 Å². The first kappa shape index (κ1) is 11.0. The molecule has 16 heavy (non-hydrogen) atoms. The number of aliphatic carboxylic acids is 1. The van der Waals surface area contributed by atoms with E-state index in [1.807, 2.05) is 12.1 Å². The maximum atomic E-state index is 10.8. The fourth-order valence-electron chi connectivity index (χ4n) is 1.62. The van der Waals surface area contributed by atoms with Crippen molar-refractivity contribution in [2.24, 2.45) is 0 Å². The number of nitrogens with zero attached hydrogens (tertiary/aromatic N) is 1. The molecule has 1 fully saturated rings. The Labute approximate surface area is 97.3 Å². The Hall–Kier alpha value is -1.51. The Kier molecular flexibility index (Phi) is 3.13. The fourth-order valence-corrected chi connectivity index (χ4v) is 2.89. The second kappa shape index (κ2) is 4.56. The van der Waals surface area contributed by atoms with Gasteiger partial charge in [0.15, 0.2) is 0 Å². The third-order valence-electron chi connectivity index (χ3n) is 2.44. The maximum absolute atomic E-state index is 10.8. The van der Waals surface area contributed by atoms with Gasteiger partial charge >= 0.3 is 5.97 Å². The number of rotatable bonds is 2. The molecule has 1 saturated heterocycles. The van der Waals surface area contributed by atoms with Gasteiger partial charge in [0.1, 0.15) is 6.04 Å². The number of nitrogens with one attached hydrogen (secondary N) is 1. The van der Waals surface area contributed by atoms with Gasteiger partial charge in [-0.1, -0.05) is 18.2 Å². The Morgan fingerprint density at radius 3 is 2.94 bits per heavy atom. The summed E-state index contributed by atoms with van der Waals surface area (Å²) in [7, 11) is 0. The van der Waals surface area contributed by atoms with Crippen LogP contribution in [0.2, 0.25) is 0 Å². The van der Waals surface area contributed by atoms with Crippen LogP contribution in [0.1, 0.15) is 16.5 Å². The lowest BCUT2D eigenvalue weighted by Crippen LogP contribution is -2.33. The van der Waals surface area contributed by atoms with Crippen molar-refractivity contribution in [2.75, 3.05) is 5.75 Å². The summed E-state index contributed by atoms with van der Waals surface area (Å²) >= 11 is 1.52. The van der Waals surface area contributed by atoms with Crippen LogP contribution in [0.5, 0.6) is 0 Å². The molecule has 0 bridgehead atoms. The highest BCUT2D eigenvalue weighted by Crippen LogP contribution is 2.34. The van der Waals surface area contributed by atoms with E-state index in [0.717, 1.165) is 5.56 Å². The van der Waals surface area contributed by atoms with E-state index in [-0.39, 0.29) is 5.37 Å². The van der Waals surface area contributed by atoms with E-state index in [1.165, 1.54) is 11.8 Å². The number of hydrogen-bond acceptors (Lipinski definition) is 4. The lowest BCUT2D eigenvalue weighted by molar-refractivity contribution is -0.138. The molecule has 1 aromatic carbocycles. The molecule has 5 heteroatoms. The van der Waals surface area contributed by atoms with Crippen LogP contribution in [0.3, 0.4) is 0 Å². The number of carbonyl (C=O) groups is 1. The van der Waals surface area contributed by atoms with Gasteiger partial charge in [-0.2, -0.15) is 5.26 Å². The third kappa shape index (κ3) is 2.03. The highest BCUT2D eigenvalue weighted by atomic mass is 32.2. The molecule has 0 spiro atoms. The molecular formula is C11H10N2O2S. The predicted molar refractivity (Wildman–Crippen MR) is 60.9 cm³/mol. The van der Waals surface area contributed by atoms with E-state index >= 15 is 0 Å². The summed E-state index contributed by atoms with van der Waals surface area (Å²) in [6.45, 7) is 0. The maximum Gasteiger partial charge on any atom is 0.321 e. The van der Waals surface area contributed by atoms with E-state index < -0.39 is 12.0 Å². The van der Waals surface area contributed by atoms with E-state index in [4.69, 9.17) is 10.4 Å². The van der Waals surface area contributed by atoms with Gasteiger partial charge in [0.25, 0.3) is 0 Å². The third-order valence-corrected chi connectivity index (χ3v) is 3.69. The first-order valence-electron chi connectivity index (χ1n) is 4.82. The summed E-state index contributed by atoms with van der Waals surface area (Å²) < 4.78 is 0. The van der Waals surface area contributed by atoms with E-state index in [1.54, 1.807) is 12.1 Å². The van der Waals surface area contributed by atoms with Crippen molar-refractivity contribution >= 4 is 17.7 Å². The zero-order valence-electron chi connectivity index (χ0n) is 8.38. The summed E-state index contributed by atoms with van der Waals surface area (Å²) in [6.07, 6.45) is 0. The van der Waals surface area contributed by atoms with Gasteiger partial charge in [-0.15, -0.1) is 11.8 Å². The van der Waals surface area contributed by atoms with E-state index in [2.05, 4.69) is 11.4 Å². The number of carboxylic acid groups (broad SMARTS) is 1. The molecule has 2 rings (SSSR count). The van der Waals surface area contributed by atoms with Crippen LogP contribution in [0, 0.1) is 11.3 Å². The Morgan fingerprint density at radius 2 is 2.31 bits per heavy atom. The number of benzene rings is 1. The van der Waals surface area contributed by atoms with Crippen LogP contribution < -0.4 is 5.32 Å². The minimum absolute atomic E-state index is 0.100.